The Morgan fingerprint density at radius 2 is 1.62 bits per heavy atom. The predicted octanol–water partition coefficient (Wildman–Crippen LogP) is 4.00. The highest BCUT2D eigenvalue weighted by molar-refractivity contribution is 7.92. The minimum atomic E-state index is -3.79. The van der Waals surface area contributed by atoms with Gasteiger partial charge in [-0.15, -0.1) is 11.3 Å². The van der Waals surface area contributed by atoms with Gasteiger partial charge in [0.1, 0.15) is 10.6 Å². The van der Waals surface area contributed by atoms with Crippen molar-refractivity contribution in [3.05, 3.63) is 71.6 Å². The Balaban J connectivity index is 1.86. The van der Waals surface area contributed by atoms with Crippen LogP contribution in [-0.4, -0.2) is 32.7 Å². The number of nitrogens with one attached hydrogen (secondary N) is 1. The summed E-state index contributed by atoms with van der Waals surface area (Å²) in [4.78, 5) is 25.8. The molecular weight excluding hydrogens is 410 g/mol. The van der Waals surface area contributed by atoms with Gasteiger partial charge in [0.25, 0.3) is 0 Å². The summed E-state index contributed by atoms with van der Waals surface area (Å²) in [5.74, 6) is -2.02. The molecule has 1 heterocycles. The van der Waals surface area contributed by atoms with Crippen LogP contribution in [0.4, 0.5) is 5.69 Å². The van der Waals surface area contributed by atoms with E-state index in [1.165, 1.54) is 23.5 Å². The van der Waals surface area contributed by atoms with Crippen LogP contribution in [0.3, 0.4) is 0 Å². The van der Waals surface area contributed by atoms with Crippen molar-refractivity contribution in [3.8, 4) is 10.4 Å². The Morgan fingerprint density at radius 3 is 2.24 bits per heavy atom. The summed E-state index contributed by atoms with van der Waals surface area (Å²) in [6.45, 7) is 1.88. The Morgan fingerprint density at radius 1 is 1.00 bits per heavy atom. The van der Waals surface area contributed by atoms with Crippen LogP contribution in [0, 0.1) is 0 Å². The molecule has 150 valence electrons. The minimum Gasteiger partial charge on any atom is -0.462 e. The van der Waals surface area contributed by atoms with Crippen LogP contribution in [0.15, 0.2) is 71.6 Å². The van der Waals surface area contributed by atoms with Gasteiger partial charge in [-0.25, -0.2) is 13.2 Å². The predicted molar refractivity (Wildman–Crippen MR) is 113 cm³/mol. The molecule has 3 rings (SSSR count). The van der Waals surface area contributed by atoms with E-state index in [1.54, 1.807) is 31.2 Å². The van der Waals surface area contributed by atoms with Gasteiger partial charge in [0.2, 0.25) is 5.91 Å². The van der Waals surface area contributed by atoms with Crippen molar-refractivity contribution < 1.29 is 22.7 Å². The Hall–Kier alpha value is -2.97. The Labute approximate surface area is 173 Å². The number of benzene rings is 2. The molecule has 29 heavy (non-hydrogen) atoms. The van der Waals surface area contributed by atoms with Gasteiger partial charge in [-0.2, -0.15) is 0 Å². The lowest BCUT2D eigenvalue weighted by Crippen LogP contribution is -2.23. The molecule has 3 aromatic rings. The van der Waals surface area contributed by atoms with Crippen molar-refractivity contribution in [2.45, 2.75) is 11.8 Å². The molecule has 1 N–H and O–H groups in total. The third kappa shape index (κ3) is 5.10. The molecule has 0 spiro atoms. The van der Waals surface area contributed by atoms with Gasteiger partial charge < -0.3 is 10.1 Å². The average molecular weight is 430 g/mol. The first-order valence-corrected chi connectivity index (χ1v) is 11.3. The van der Waals surface area contributed by atoms with E-state index >= 15 is 0 Å². The number of amides is 1. The number of hydrogen-bond donors (Lipinski definition) is 1. The molecule has 0 atom stereocenters. The third-order valence-electron chi connectivity index (χ3n) is 3.95. The number of esters is 1. The molecule has 0 fully saturated rings. The maximum Gasteiger partial charge on any atom is 0.350 e. The van der Waals surface area contributed by atoms with Crippen molar-refractivity contribution in [2.75, 3.05) is 17.7 Å². The van der Waals surface area contributed by atoms with Crippen LogP contribution in [0.2, 0.25) is 0 Å². The smallest absolute Gasteiger partial charge is 0.350 e. The van der Waals surface area contributed by atoms with E-state index in [1.807, 2.05) is 30.3 Å². The molecule has 0 aliphatic heterocycles. The number of rotatable bonds is 7. The quantitative estimate of drug-likeness (QED) is 0.573. The molecule has 0 unspecified atom stereocenters. The molecule has 8 heteroatoms. The van der Waals surface area contributed by atoms with E-state index in [9.17, 15) is 18.0 Å². The van der Waals surface area contributed by atoms with E-state index in [4.69, 9.17) is 4.74 Å². The van der Waals surface area contributed by atoms with Gasteiger partial charge in [-0.3, -0.25) is 4.79 Å². The van der Waals surface area contributed by atoms with Gasteiger partial charge >= 0.3 is 5.97 Å². The molecule has 0 bridgehead atoms. The second kappa shape index (κ2) is 9.02. The van der Waals surface area contributed by atoms with Crippen molar-refractivity contribution >= 4 is 38.7 Å². The van der Waals surface area contributed by atoms with Gasteiger partial charge in [-0.05, 0) is 30.7 Å². The molecule has 0 saturated carbocycles. The van der Waals surface area contributed by atoms with Crippen LogP contribution >= 0.6 is 11.3 Å². The maximum atomic E-state index is 12.4. The second-order valence-corrected chi connectivity index (χ2v) is 9.10. The Kier molecular flexibility index (Phi) is 6.46. The molecule has 0 saturated heterocycles. The standard InChI is InChI=1S/C21H19NO5S2/c1-2-27-21(24)20-17(13-18(28-20)15-9-5-3-6-10-15)22-19(23)14-29(25,26)16-11-7-4-8-12-16/h3-13H,2,14H2,1H3,(H,22,23). The number of hydrogen-bond acceptors (Lipinski definition) is 6. The van der Waals surface area contributed by atoms with Crippen LogP contribution in [0.1, 0.15) is 16.6 Å². The molecule has 0 radical (unpaired) electrons. The first-order chi connectivity index (χ1) is 13.9. The second-order valence-electron chi connectivity index (χ2n) is 6.06. The van der Waals surface area contributed by atoms with Crippen molar-refractivity contribution in [1.29, 1.82) is 0 Å². The van der Waals surface area contributed by atoms with Crippen LogP contribution < -0.4 is 5.32 Å². The lowest BCUT2D eigenvalue weighted by Gasteiger charge is -2.07. The molecule has 0 aliphatic rings. The largest absolute Gasteiger partial charge is 0.462 e. The van der Waals surface area contributed by atoms with Crippen LogP contribution in [-0.2, 0) is 19.4 Å². The van der Waals surface area contributed by atoms with E-state index in [-0.39, 0.29) is 22.1 Å². The number of sulfone groups is 1. The first kappa shape index (κ1) is 20.8. The fraction of sp³-hybridized carbons (Fsp3) is 0.143. The minimum absolute atomic E-state index is 0.0658. The summed E-state index contributed by atoms with van der Waals surface area (Å²) >= 11 is 1.18. The van der Waals surface area contributed by atoms with Crippen molar-refractivity contribution in [1.82, 2.24) is 0 Å². The molecule has 6 nitrogen and oxygen atoms in total. The normalized spacial score (nSPS) is 11.1. The van der Waals surface area contributed by atoms with Crippen molar-refractivity contribution in [3.63, 3.8) is 0 Å². The zero-order chi connectivity index (χ0) is 20.9. The van der Waals surface area contributed by atoms with Gasteiger partial charge in [0, 0.05) is 4.88 Å². The zero-order valence-electron chi connectivity index (χ0n) is 15.6. The summed E-state index contributed by atoms with van der Waals surface area (Å²) in [5, 5.41) is 2.56. The topological polar surface area (TPSA) is 89.5 Å². The molecule has 1 aromatic heterocycles. The molecule has 1 amide bonds. The molecular formula is C21H19NO5S2. The van der Waals surface area contributed by atoms with E-state index < -0.39 is 27.5 Å². The average Bonchev–Trinajstić information content (AvgIpc) is 3.13. The molecule has 0 aliphatic carbocycles. The van der Waals surface area contributed by atoms with Crippen LogP contribution in [0.25, 0.3) is 10.4 Å². The van der Waals surface area contributed by atoms with Gasteiger partial charge in [0.15, 0.2) is 9.84 Å². The fourth-order valence-corrected chi connectivity index (χ4v) is 4.82. The summed E-state index contributed by atoms with van der Waals surface area (Å²) in [7, 11) is -3.79. The summed E-state index contributed by atoms with van der Waals surface area (Å²) < 4.78 is 29.9. The fourth-order valence-electron chi connectivity index (χ4n) is 2.65. The van der Waals surface area contributed by atoms with Gasteiger partial charge in [-0.1, -0.05) is 48.5 Å². The lowest BCUT2D eigenvalue weighted by molar-refractivity contribution is -0.113. The van der Waals surface area contributed by atoms with E-state index in [0.717, 1.165) is 10.4 Å². The van der Waals surface area contributed by atoms with Crippen molar-refractivity contribution in [2.24, 2.45) is 0 Å². The maximum absolute atomic E-state index is 12.4. The van der Waals surface area contributed by atoms with E-state index in [0.29, 0.717) is 0 Å². The number of ether oxygens (including phenoxy) is 1. The van der Waals surface area contributed by atoms with E-state index in [2.05, 4.69) is 5.32 Å². The van der Waals surface area contributed by atoms with Gasteiger partial charge in [0.05, 0.1) is 17.2 Å². The summed E-state index contributed by atoms with van der Waals surface area (Å²) in [6, 6.07) is 18.8. The third-order valence-corrected chi connectivity index (χ3v) is 6.75. The number of carbonyl (C=O) groups excluding carboxylic acids is 2. The monoisotopic (exact) mass is 429 g/mol. The SMILES string of the molecule is CCOC(=O)c1sc(-c2ccccc2)cc1NC(=O)CS(=O)(=O)c1ccccc1. The summed E-state index contributed by atoms with van der Waals surface area (Å²) in [5.41, 5.74) is 1.11. The van der Waals surface area contributed by atoms with Crippen LogP contribution in [0.5, 0.6) is 0 Å². The summed E-state index contributed by atoms with van der Waals surface area (Å²) in [6.07, 6.45) is 0. The molecule has 2 aromatic carbocycles. The first-order valence-electron chi connectivity index (χ1n) is 8.84. The highest BCUT2D eigenvalue weighted by Crippen LogP contribution is 2.35. The zero-order valence-corrected chi connectivity index (χ0v) is 17.3. The highest BCUT2D eigenvalue weighted by atomic mass is 32.2. The highest BCUT2D eigenvalue weighted by Gasteiger charge is 2.23. The number of anilines is 1. The number of carbonyl (C=O) groups is 2. The Bertz CT molecular complexity index is 1110. The lowest BCUT2D eigenvalue weighted by atomic mass is 10.2. The number of thiophene rings is 1.